The number of likely N-dealkylation sites (N-methyl/N-ethyl adjacent to an activating group) is 1. The van der Waals surface area contributed by atoms with Crippen LogP contribution in [0, 0.1) is 0 Å². The van der Waals surface area contributed by atoms with Gasteiger partial charge in [-0.25, -0.2) is 4.79 Å². The molecule has 0 unspecified atom stereocenters. The lowest BCUT2D eigenvalue weighted by molar-refractivity contribution is 0.130. The third kappa shape index (κ3) is 1.88. The van der Waals surface area contributed by atoms with Crippen molar-refractivity contribution < 1.29 is 9.90 Å². The number of benzene rings is 1. The maximum Gasteiger partial charge on any atom is 0.407 e. The van der Waals surface area contributed by atoms with E-state index < -0.39 is 6.09 Å². The van der Waals surface area contributed by atoms with Crippen molar-refractivity contribution in [2.24, 2.45) is 0 Å². The molecule has 1 saturated heterocycles. The van der Waals surface area contributed by atoms with Crippen LogP contribution in [-0.4, -0.2) is 42.3 Å². The number of carbonyl (C=O) groups is 1. The fraction of sp³-hybridized carbons (Fsp3) is 0.364. The second kappa shape index (κ2) is 3.92. The third-order valence-electron chi connectivity index (χ3n) is 2.97. The fourth-order valence-corrected chi connectivity index (χ4v) is 1.75. The minimum Gasteiger partial charge on any atom is -0.465 e. The Hall–Kier alpha value is -1.91. The highest BCUT2D eigenvalue weighted by molar-refractivity contribution is 5.66. The van der Waals surface area contributed by atoms with Gasteiger partial charge in [0.15, 0.2) is 0 Å². The molecule has 1 aromatic carbocycles. The summed E-state index contributed by atoms with van der Waals surface area (Å²) in [6.45, 7) is 1.49. The van der Waals surface area contributed by atoms with Gasteiger partial charge in [-0.1, -0.05) is 0 Å². The highest BCUT2D eigenvalue weighted by Crippen LogP contribution is 2.23. The van der Waals surface area contributed by atoms with Crippen LogP contribution in [-0.2, 0) is 0 Å². The van der Waals surface area contributed by atoms with Crippen molar-refractivity contribution in [3.05, 3.63) is 24.3 Å². The van der Waals surface area contributed by atoms with E-state index in [4.69, 9.17) is 10.8 Å². The number of amides is 1. The summed E-state index contributed by atoms with van der Waals surface area (Å²) in [5, 5.41) is 8.80. The summed E-state index contributed by atoms with van der Waals surface area (Å²) in [6, 6.07) is 7.70. The summed E-state index contributed by atoms with van der Waals surface area (Å²) in [6.07, 6.45) is -0.873. The molecule has 0 atom stereocenters. The smallest absolute Gasteiger partial charge is 0.407 e. The lowest BCUT2D eigenvalue weighted by atomic mass is 10.1. The molecule has 1 fully saturated rings. The van der Waals surface area contributed by atoms with Gasteiger partial charge >= 0.3 is 6.09 Å². The lowest BCUT2D eigenvalue weighted by Gasteiger charge is -2.44. The van der Waals surface area contributed by atoms with Gasteiger partial charge in [-0.2, -0.15) is 0 Å². The molecule has 1 heterocycles. The van der Waals surface area contributed by atoms with Gasteiger partial charge in [-0.05, 0) is 24.3 Å². The van der Waals surface area contributed by atoms with Crippen LogP contribution < -0.4 is 10.6 Å². The van der Waals surface area contributed by atoms with Crippen LogP contribution in [0.4, 0.5) is 16.2 Å². The first-order valence-electron chi connectivity index (χ1n) is 5.14. The van der Waals surface area contributed by atoms with E-state index in [0.717, 1.165) is 24.5 Å². The third-order valence-corrected chi connectivity index (χ3v) is 2.97. The number of nitrogen functional groups attached to an aromatic ring is 1. The van der Waals surface area contributed by atoms with E-state index in [1.807, 2.05) is 24.3 Å². The Morgan fingerprint density at radius 3 is 2.50 bits per heavy atom. The average molecular weight is 221 g/mol. The van der Waals surface area contributed by atoms with Crippen molar-refractivity contribution in [3.63, 3.8) is 0 Å². The van der Waals surface area contributed by atoms with Gasteiger partial charge in [0.25, 0.3) is 0 Å². The van der Waals surface area contributed by atoms with E-state index in [1.165, 1.54) is 4.90 Å². The number of anilines is 2. The molecule has 3 N–H and O–H groups in total. The van der Waals surface area contributed by atoms with Gasteiger partial charge in [-0.3, -0.25) is 0 Å². The molecule has 0 saturated carbocycles. The second-order valence-electron chi connectivity index (χ2n) is 4.04. The van der Waals surface area contributed by atoms with Crippen LogP contribution in [0.3, 0.4) is 0 Å². The quantitative estimate of drug-likeness (QED) is 0.733. The number of nitrogens with zero attached hydrogens (tertiary/aromatic N) is 2. The Bertz CT molecular complexity index is 385. The summed E-state index contributed by atoms with van der Waals surface area (Å²) < 4.78 is 0. The Morgan fingerprint density at radius 1 is 1.44 bits per heavy atom. The van der Waals surface area contributed by atoms with Gasteiger partial charge in [0.05, 0.1) is 6.04 Å². The molecular formula is C11H15N3O2. The van der Waals surface area contributed by atoms with E-state index in [1.54, 1.807) is 7.05 Å². The molecule has 2 rings (SSSR count). The highest BCUT2D eigenvalue weighted by Gasteiger charge is 2.32. The number of hydrogen-bond donors (Lipinski definition) is 2. The summed E-state index contributed by atoms with van der Waals surface area (Å²) in [4.78, 5) is 14.2. The summed E-state index contributed by atoms with van der Waals surface area (Å²) in [7, 11) is 1.60. The zero-order chi connectivity index (χ0) is 11.7. The van der Waals surface area contributed by atoms with Crippen LogP contribution in [0.2, 0.25) is 0 Å². The molecule has 5 nitrogen and oxygen atoms in total. The monoisotopic (exact) mass is 221 g/mol. The molecule has 86 valence electrons. The molecule has 1 aliphatic rings. The molecule has 5 heteroatoms. The summed E-state index contributed by atoms with van der Waals surface area (Å²) >= 11 is 0. The second-order valence-corrected chi connectivity index (χ2v) is 4.04. The topological polar surface area (TPSA) is 69.8 Å². The molecule has 1 aliphatic heterocycles. The van der Waals surface area contributed by atoms with Gasteiger partial charge in [0, 0.05) is 31.5 Å². The maximum absolute atomic E-state index is 10.7. The molecule has 0 bridgehead atoms. The highest BCUT2D eigenvalue weighted by atomic mass is 16.4. The van der Waals surface area contributed by atoms with Crippen molar-refractivity contribution in [2.75, 3.05) is 30.8 Å². The van der Waals surface area contributed by atoms with Gasteiger partial charge < -0.3 is 20.6 Å². The molecule has 0 spiro atoms. The molecule has 1 aromatic rings. The van der Waals surface area contributed by atoms with Crippen LogP contribution in [0.15, 0.2) is 24.3 Å². The Labute approximate surface area is 94.1 Å². The van der Waals surface area contributed by atoms with Crippen LogP contribution >= 0.6 is 0 Å². The molecule has 16 heavy (non-hydrogen) atoms. The minimum absolute atomic E-state index is 0.0926. The number of rotatable bonds is 2. The SMILES string of the molecule is CN(C(=O)O)C1CN(c2ccc(N)cc2)C1. The van der Waals surface area contributed by atoms with Gasteiger partial charge in [0.2, 0.25) is 0 Å². The largest absolute Gasteiger partial charge is 0.465 e. The predicted octanol–water partition coefficient (Wildman–Crippen LogP) is 1.07. The average Bonchev–Trinajstić information content (AvgIpc) is 2.18. The maximum atomic E-state index is 10.7. The minimum atomic E-state index is -0.873. The standard InChI is InChI=1S/C11H15N3O2/c1-13(11(15)16)10-6-14(7-10)9-4-2-8(12)3-5-9/h2-5,10H,6-7,12H2,1H3,(H,15,16). The van der Waals surface area contributed by atoms with Crippen molar-refractivity contribution >= 4 is 17.5 Å². The molecule has 0 radical (unpaired) electrons. The molecule has 0 aliphatic carbocycles. The van der Waals surface area contributed by atoms with E-state index >= 15 is 0 Å². The Morgan fingerprint density at radius 2 is 2.00 bits per heavy atom. The normalized spacial score (nSPS) is 15.7. The number of carboxylic acid groups (broad SMARTS) is 1. The Balaban J connectivity index is 1.93. The molecule has 0 aromatic heterocycles. The van der Waals surface area contributed by atoms with Gasteiger partial charge in [-0.15, -0.1) is 0 Å². The lowest BCUT2D eigenvalue weighted by Crippen LogP contribution is -2.59. The van der Waals surface area contributed by atoms with E-state index in [9.17, 15) is 4.79 Å². The number of nitrogens with two attached hydrogens (primary N) is 1. The first-order chi connectivity index (χ1) is 7.58. The predicted molar refractivity (Wildman–Crippen MR) is 62.6 cm³/mol. The van der Waals surface area contributed by atoms with Crippen molar-refractivity contribution in [1.82, 2.24) is 4.90 Å². The zero-order valence-electron chi connectivity index (χ0n) is 9.13. The first kappa shape index (κ1) is 10.6. The van der Waals surface area contributed by atoms with E-state index in [0.29, 0.717) is 0 Å². The van der Waals surface area contributed by atoms with E-state index in [2.05, 4.69) is 4.90 Å². The Kier molecular flexibility index (Phi) is 2.60. The van der Waals surface area contributed by atoms with Crippen molar-refractivity contribution in [1.29, 1.82) is 0 Å². The van der Waals surface area contributed by atoms with E-state index in [-0.39, 0.29) is 6.04 Å². The van der Waals surface area contributed by atoms with Crippen LogP contribution in [0.25, 0.3) is 0 Å². The van der Waals surface area contributed by atoms with Gasteiger partial charge in [0.1, 0.15) is 0 Å². The number of hydrogen-bond acceptors (Lipinski definition) is 3. The molecule has 1 amide bonds. The van der Waals surface area contributed by atoms with Crippen molar-refractivity contribution in [2.45, 2.75) is 6.04 Å². The van der Waals surface area contributed by atoms with Crippen LogP contribution in [0.1, 0.15) is 0 Å². The molecular weight excluding hydrogens is 206 g/mol. The summed E-state index contributed by atoms with van der Waals surface area (Å²) in [5.74, 6) is 0. The van der Waals surface area contributed by atoms with Crippen molar-refractivity contribution in [3.8, 4) is 0 Å². The fourth-order valence-electron chi connectivity index (χ4n) is 1.75. The van der Waals surface area contributed by atoms with Crippen LogP contribution in [0.5, 0.6) is 0 Å². The summed E-state index contributed by atoms with van der Waals surface area (Å²) in [5.41, 5.74) is 7.42. The zero-order valence-corrected chi connectivity index (χ0v) is 9.13. The first-order valence-corrected chi connectivity index (χ1v) is 5.14.